The van der Waals surface area contributed by atoms with E-state index < -0.39 is 0 Å². The third-order valence-electron chi connectivity index (χ3n) is 4.88. The summed E-state index contributed by atoms with van der Waals surface area (Å²) in [6.45, 7) is 8.14. The van der Waals surface area contributed by atoms with Crippen LogP contribution in [0.25, 0.3) is 16.9 Å². The summed E-state index contributed by atoms with van der Waals surface area (Å²) >= 11 is 0. The van der Waals surface area contributed by atoms with Gasteiger partial charge in [-0.15, -0.1) is 0 Å². The largest absolute Gasteiger partial charge is 0.497 e. The SMILES string of the molecule is CC[C@@H](C)NC(=O)c1cc(-c2cccc(OC)c2)nn1-c1ccc(C)cc1C. The van der Waals surface area contributed by atoms with Gasteiger partial charge in [-0.05, 0) is 57.0 Å². The minimum Gasteiger partial charge on any atom is -0.497 e. The Morgan fingerprint density at radius 3 is 2.64 bits per heavy atom. The van der Waals surface area contributed by atoms with Crippen molar-refractivity contribution >= 4 is 5.91 Å². The molecule has 0 aliphatic carbocycles. The van der Waals surface area contributed by atoms with Crippen molar-refractivity contribution in [1.29, 1.82) is 0 Å². The summed E-state index contributed by atoms with van der Waals surface area (Å²) in [6.07, 6.45) is 0.867. The fourth-order valence-electron chi connectivity index (χ4n) is 3.09. The van der Waals surface area contributed by atoms with Crippen LogP contribution in [0.15, 0.2) is 48.5 Å². The summed E-state index contributed by atoms with van der Waals surface area (Å²) in [7, 11) is 1.64. The monoisotopic (exact) mass is 377 g/mol. The molecule has 0 spiro atoms. The number of carbonyl (C=O) groups excluding carboxylic acids is 1. The number of aromatic nitrogens is 2. The second-order valence-corrected chi connectivity index (χ2v) is 7.13. The number of aryl methyl sites for hydroxylation is 2. The van der Waals surface area contributed by atoms with Crippen LogP contribution in [0.3, 0.4) is 0 Å². The quantitative estimate of drug-likeness (QED) is 0.678. The lowest BCUT2D eigenvalue weighted by atomic mass is 10.1. The van der Waals surface area contributed by atoms with Crippen LogP contribution in [0, 0.1) is 13.8 Å². The summed E-state index contributed by atoms with van der Waals surface area (Å²) in [5.41, 5.74) is 5.29. The molecule has 0 aliphatic heterocycles. The number of amides is 1. The molecular formula is C23H27N3O2. The molecule has 5 heteroatoms. The second-order valence-electron chi connectivity index (χ2n) is 7.13. The third-order valence-corrected chi connectivity index (χ3v) is 4.88. The lowest BCUT2D eigenvalue weighted by molar-refractivity contribution is 0.0931. The van der Waals surface area contributed by atoms with Crippen LogP contribution >= 0.6 is 0 Å². The average molecular weight is 377 g/mol. The van der Waals surface area contributed by atoms with Crippen molar-refractivity contribution in [2.45, 2.75) is 40.2 Å². The van der Waals surface area contributed by atoms with E-state index >= 15 is 0 Å². The molecule has 0 saturated heterocycles. The smallest absolute Gasteiger partial charge is 0.270 e. The Morgan fingerprint density at radius 2 is 1.96 bits per heavy atom. The average Bonchev–Trinajstić information content (AvgIpc) is 3.13. The Bertz CT molecular complexity index is 991. The highest BCUT2D eigenvalue weighted by Crippen LogP contribution is 2.26. The fourth-order valence-corrected chi connectivity index (χ4v) is 3.09. The molecule has 1 amide bonds. The van der Waals surface area contributed by atoms with Crippen molar-refractivity contribution in [2.75, 3.05) is 7.11 Å². The van der Waals surface area contributed by atoms with Gasteiger partial charge in [-0.2, -0.15) is 5.10 Å². The van der Waals surface area contributed by atoms with E-state index in [-0.39, 0.29) is 11.9 Å². The molecule has 1 heterocycles. The molecule has 146 valence electrons. The lowest BCUT2D eigenvalue weighted by Crippen LogP contribution is -2.33. The third kappa shape index (κ3) is 4.09. The van der Waals surface area contributed by atoms with E-state index in [2.05, 4.69) is 18.3 Å². The number of hydrogen-bond acceptors (Lipinski definition) is 3. The van der Waals surface area contributed by atoms with Crippen molar-refractivity contribution in [2.24, 2.45) is 0 Å². The van der Waals surface area contributed by atoms with Crippen LogP contribution in [-0.4, -0.2) is 28.8 Å². The maximum absolute atomic E-state index is 13.0. The van der Waals surface area contributed by atoms with Crippen molar-refractivity contribution in [1.82, 2.24) is 15.1 Å². The molecule has 0 radical (unpaired) electrons. The molecule has 3 rings (SSSR count). The van der Waals surface area contributed by atoms with Gasteiger partial charge < -0.3 is 10.1 Å². The highest BCUT2D eigenvalue weighted by Gasteiger charge is 2.20. The minimum absolute atomic E-state index is 0.0928. The first kappa shape index (κ1) is 19.7. The molecule has 1 aromatic heterocycles. The van der Waals surface area contributed by atoms with Crippen LogP contribution in [0.4, 0.5) is 0 Å². The standard InChI is InChI=1S/C23H27N3O2/c1-6-17(4)24-23(27)22-14-20(18-8-7-9-19(13-18)28-5)25-26(22)21-11-10-15(2)12-16(21)3/h7-14,17H,6H2,1-5H3,(H,24,27)/t17-/m1/s1. The van der Waals surface area contributed by atoms with Gasteiger partial charge in [0.05, 0.1) is 18.5 Å². The molecule has 2 aromatic carbocycles. The number of ether oxygens (including phenoxy) is 1. The van der Waals surface area contributed by atoms with E-state index in [1.54, 1.807) is 11.8 Å². The van der Waals surface area contributed by atoms with Gasteiger partial charge in [-0.3, -0.25) is 4.79 Å². The Morgan fingerprint density at radius 1 is 1.18 bits per heavy atom. The Kier molecular flexibility index (Phi) is 5.83. The van der Waals surface area contributed by atoms with Crippen LogP contribution in [0.2, 0.25) is 0 Å². The van der Waals surface area contributed by atoms with Gasteiger partial charge in [0, 0.05) is 11.6 Å². The highest BCUT2D eigenvalue weighted by atomic mass is 16.5. The summed E-state index contributed by atoms with van der Waals surface area (Å²) in [5, 5.41) is 7.82. The topological polar surface area (TPSA) is 56.1 Å². The van der Waals surface area contributed by atoms with Crippen molar-refractivity contribution in [3.05, 3.63) is 65.4 Å². The maximum atomic E-state index is 13.0. The van der Waals surface area contributed by atoms with E-state index in [4.69, 9.17) is 9.84 Å². The number of benzene rings is 2. The number of carbonyl (C=O) groups is 1. The van der Waals surface area contributed by atoms with E-state index in [1.165, 1.54) is 5.56 Å². The first-order chi connectivity index (χ1) is 13.4. The van der Waals surface area contributed by atoms with Gasteiger partial charge in [-0.25, -0.2) is 4.68 Å². The molecule has 5 nitrogen and oxygen atoms in total. The van der Waals surface area contributed by atoms with E-state index in [0.29, 0.717) is 5.69 Å². The van der Waals surface area contributed by atoms with Crippen LogP contribution in [0.1, 0.15) is 41.9 Å². The number of hydrogen-bond donors (Lipinski definition) is 1. The number of rotatable bonds is 6. The number of nitrogens with one attached hydrogen (secondary N) is 1. The second kappa shape index (κ2) is 8.30. The molecule has 0 aliphatic rings. The van der Waals surface area contributed by atoms with Crippen LogP contribution in [0.5, 0.6) is 5.75 Å². The Labute approximate surface area is 166 Å². The van der Waals surface area contributed by atoms with Crippen molar-refractivity contribution in [3.63, 3.8) is 0 Å². The molecule has 0 saturated carbocycles. The molecule has 28 heavy (non-hydrogen) atoms. The maximum Gasteiger partial charge on any atom is 0.270 e. The molecule has 1 atom stereocenters. The van der Waals surface area contributed by atoms with Crippen molar-refractivity contribution in [3.8, 4) is 22.7 Å². The predicted molar refractivity (Wildman–Crippen MR) is 112 cm³/mol. The molecule has 0 fully saturated rings. The summed E-state index contributed by atoms with van der Waals surface area (Å²) < 4.78 is 7.07. The number of methoxy groups -OCH3 is 1. The van der Waals surface area contributed by atoms with Gasteiger partial charge >= 0.3 is 0 Å². The van der Waals surface area contributed by atoms with Crippen molar-refractivity contribution < 1.29 is 9.53 Å². The van der Waals surface area contributed by atoms with Gasteiger partial charge in [-0.1, -0.05) is 36.8 Å². The Balaban J connectivity index is 2.12. The normalized spacial score (nSPS) is 11.9. The molecule has 0 bridgehead atoms. The van der Waals surface area contributed by atoms with Crippen LogP contribution < -0.4 is 10.1 Å². The highest BCUT2D eigenvalue weighted by molar-refractivity contribution is 5.94. The summed E-state index contributed by atoms with van der Waals surface area (Å²) in [4.78, 5) is 13.0. The van der Waals surface area contributed by atoms with E-state index in [0.717, 1.165) is 34.7 Å². The lowest BCUT2D eigenvalue weighted by Gasteiger charge is -2.14. The number of nitrogens with zero attached hydrogens (tertiary/aromatic N) is 2. The summed E-state index contributed by atoms with van der Waals surface area (Å²) in [6, 6.07) is 15.8. The summed E-state index contributed by atoms with van der Waals surface area (Å²) in [5.74, 6) is 0.625. The zero-order valence-corrected chi connectivity index (χ0v) is 17.1. The molecular weight excluding hydrogens is 350 g/mol. The van der Waals surface area contributed by atoms with Gasteiger partial charge in [0.25, 0.3) is 5.91 Å². The van der Waals surface area contributed by atoms with Gasteiger partial charge in [0.1, 0.15) is 11.4 Å². The first-order valence-corrected chi connectivity index (χ1v) is 9.56. The molecule has 3 aromatic rings. The fraction of sp³-hybridized carbons (Fsp3) is 0.304. The molecule has 1 N–H and O–H groups in total. The van der Waals surface area contributed by atoms with E-state index in [9.17, 15) is 4.79 Å². The van der Waals surface area contributed by atoms with Gasteiger partial charge in [0.15, 0.2) is 0 Å². The van der Waals surface area contributed by atoms with Gasteiger partial charge in [0.2, 0.25) is 0 Å². The first-order valence-electron chi connectivity index (χ1n) is 9.56. The zero-order chi connectivity index (χ0) is 20.3. The van der Waals surface area contributed by atoms with E-state index in [1.807, 2.05) is 63.2 Å². The molecule has 0 unspecified atom stereocenters. The minimum atomic E-state index is -0.129. The Hall–Kier alpha value is -3.08. The zero-order valence-electron chi connectivity index (χ0n) is 17.1. The predicted octanol–water partition coefficient (Wildman–Crippen LogP) is 4.69. The van der Waals surface area contributed by atoms with Crippen LogP contribution in [-0.2, 0) is 0 Å².